The number of benzene rings is 2. The molecule has 39 heavy (non-hydrogen) atoms. The van der Waals surface area contributed by atoms with Gasteiger partial charge in [0.25, 0.3) is 5.56 Å². The molecule has 2 aliphatic rings. The van der Waals surface area contributed by atoms with Crippen LogP contribution < -0.4 is 20.9 Å². The number of hydrogen-bond acceptors (Lipinski definition) is 9. The maximum absolute atomic E-state index is 15.0. The fraction of sp³-hybridized carbons (Fsp3) is 0.444. The van der Waals surface area contributed by atoms with E-state index in [1.54, 1.807) is 0 Å². The van der Waals surface area contributed by atoms with Crippen LogP contribution in [-0.4, -0.2) is 52.7 Å². The van der Waals surface area contributed by atoms with Gasteiger partial charge in [-0.1, -0.05) is 6.92 Å². The van der Waals surface area contributed by atoms with Crippen LogP contribution >= 0.6 is 12.1 Å². The molecule has 0 atom stereocenters. The summed E-state index contributed by atoms with van der Waals surface area (Å²) in [5.41, 5.74) is -0.0190. The molecule has 3 N–H and O–H groups in total. The van der Waals surface area contributed by atoms with E-state index in [2.05, 4.69) is 20.3 Å². The third-order valence-electron chi connectivity index (χ3n) is 7.01. The van der Waals surface area contributed by atoms with E-state index in [1.165, 1.54) is 75.5 Å². The summed E-state index contributed by atoms with van der Waals surface area (Å²) in [6.45, 7) is 6.01. The summed E-state index contributed by atoms with van der Waals surface area (Å²) in [6, 6.07) is 7.37. The quantitative estimate of drug-likeness (QED) is 0.373. The van der Waals surface area contributed by atoms with Crippen molar-refractivity contribution in [3.63, 3.8) is 0 Å². The van der Waals surface area contributed by atoms with E-state index in [-0.39, 0.29) is 27.8 Å². The number of fused-ring (bicyclic) bond motifs is 1. The number of hydrogen-bond donors (Lipinski definition) is 3. The van der Waals surface area contributed by atoms with Gasteiger partial charge in [-0.05, 0) is 70.1 Å². The van der Waals surface area contributed by atoms with Gasteiger partial charge in [-0.15, -0.1) is 0 Å². The van der Waals surface area contributed by atoms with E-state index in [9.17, 15) is 14.4 Å². The van der Waals surface area contributed by atoms with Crippen molar-refractivity contribution in [3.8, 4) is 6.07 Å². The Morgan fingerprint density at radius 2 is 1.97 bits per heavy atom. The lowest BCUT2D eigenvalue weighted by molar-refractivity contribution is -0.0190. The second-order valence-corrected chi connectivity index (χ2v) is 10.6. The van der Waals surface area contributed by atoms with Crippen molar-refractivity contribution in [2.45, 2.75) is 38.2 Å². The molecule has 5 rings (SSSR count). The highest BCUT2D eigenvalue weighted by Gasteiger charge is 2.35. The first-order valence-electron chi connectivity index (χ1n) is 12.9. The maximum atomic E-state index is 15.0. The molecule has 3 heterocycles. The van der Waals surface area contributed by atoms with Crippen LogP contribution in [0.2, 0.25) is 0 Å². The first-order valence-corrected chi connectivity index (χ1v) is 13.7. The number of aryl methyl sites for hydroxylation is 1. The lowest BCUT2D eigenvalue weighted by Gasteiger charge is -2.32. The summed E-state index contributed by atoms with van der Waals surface area (Å²) < 4.78 is 41.3. The van der Waals surface area contributed by atoms with Crippen LogP contribution in [0.3, 0.4) is 0 Å². The molecule has 2 aliphatic heterocycles. The third-order valence-corrected chi connectivity index (χ3v) is 7.89. The maximum Gasteiger partial charge on any atom is 0.263 e. The zero-order valence-electron chi connectivity index (χ0n) is 22.3. The topological polar surface area (TPSA) is 107 Å². The van der Waals surface area contributed by atoms with Crippen LogP contribution in [-0.2, 0) is 11.8 Å². The summed E-state index contributed by atoms with van der Waals surface area (Å²) in [7, 11) is 3.31. The van der Waals surface area contributed by atoms with Gasteiger partial charge in [0.2, 0.25) is 0 Å². The SMILES string of the molecule is C1COC2(C1)CCNCC2.CCN(C)SNc1ccc(F)c(Nc2ccc3ncn(C)c(=O)c3c2F)c1C#N. The molecule has 12 heteroatoms. The van der Waals surface area contributed by atoms with E-state index in [4.69, 9.17) is 4.74 Å². The van der Waals surface area contributed by atoms with Crippen LogP contribution in [0.5, 0.6) is 0 Å². The Morgan fingerprint density at radius 1 is 1.23 bits per heavy atom. The van der Waals surface area contributed by atoms with Crippen molar-refractivity contribution in [2.24, 2.45) is 7.05 Å². The second kappa shape index (κ2) is 12.7. The number of piperidine rings is 1. The lowest BCUT2D eigenvalue weighted by atomic mass is 9.90. The van der Waals surface area contributed by atoms with Crippen molar-refractivity contribution in [1.29, 1.82) is 5.26 Å². The van der Waals surface area contributed by atoms with Crippen LogP contribution in [0.25, 0.3) is 10.9 Å². The highest BCUT2D eigenvalue weighted by Crippen LogP contribution is 2.34. The molecule has 2 fully saturated rings. The van der Waals surface area contributed by atoms with E-state index in [0.29, 0.717) is 11.3 Å². The van der Waals surface area contributed by atoms with Gasteiger partial charge in [-0.3, -0.25) is 4.79 Å². The number of rotatable bonds is 6. The fourth-order valence-corrected chi connectivity index (χ4v) is 5.16. The van der Waals surface area contributed by atoms with Crippen molar-refractivity contribution in [1.82, 2.24) is 19.2 Å². The largest absolute Gasteiger partial charge is 0.375 e. The van der Waals surface area contributed by atoms with E-state index < -0.39 is 17.2 Å². The number of nitriles is 1. The molecule has 208 valence electrons. The van der Waals surface area contributed by atoms with Gasteiger partial charge in [0.15, 0.2) is 5.82 Å². The van der Waals surface area contributed by atoms with Gasteiger partial charge in [0, 0.05) is 32.3 Å². The number of anilines is 3. The molecule has 1 aromatic heterocycles. The van der Waals surface area contributed by atoms with Gasteiger partial charge in [0.05, 0.1) is 34.5 Å². The lowest BCUT2D eigenvalue weighted by Crippen LogP contribution is -2.41. The van der Waals surface area contributed by atoms with Gasteiger partial charge >= 0.3 is 0 Å². The molecule has 0 aliphatic carbocycles. The van der Waals surface area contributed by atoms with Crippen molar-refractivity contribution in [3.05, 3.63) is 58.1 Å². The monoisotopic (exact) mass is 557 g/mol. The van der Waals surface area contributed by atoms with Crippen LogP contribution in [0.15, 0.2) is 35.4 Å². The summed E-state index contributed by atoms with van der Waals surface area (Å²) in [4.78, 5) is 16.3. The molecule has 1 spiro atoms. The Kier molecular flexibility index (Phi) is 9.40. The van der Waals surface area contributed by atoms with E-state index in [0.717, 1.165) is 30.8 Å². The number of nitrogens with one attached hydrogen (secondary N) is 3. The first-order chi connectivity index (χ1) is 18.8. The molecule has 0 bridgehead atoms. The fourth-order valence-electron chi connectivity index (χ4n) is 4.61. The minimum atomic E-state index is -0.863. The zero-order valence-corrected chi connectivity index (χ0v) is 23.1. The molecular weight excluding hydrogens is 524 g/mol. The summed E-state index contributed by atoms with van der Waals surface area (Å²) >= 11 is 1.24. The minimum absolute atomic E-state index is 0.0133. The summed E-state index contributed by atoms with van der Waals surface area (Å²) in [5, 5.41) is 15.3. The van der Waals surface area contributed by atoms with Gasteiger partial charge < -0.3 is 24.7 Å². The van der Waals surface area contributed by atoms with Crippen LogP contribution in [0, 0.1) is 23.0 Å². The molecule has 2 saturated heterocycles. The minimum Gasteiger partial charge on any atom is -0.375 e. The highest BCUT2D eigenvalue weighted by molar-refractivity contribution is 7.98. The molecular formula is C27H33F2N7O2S. The Labute approximate surface area is 230 Å². The molecule has 2 aromatic carbocycles. The van der Waals surface area contributed by atoms with Crippen LogP contribution in [0.1, 0.15) is 38.2 Å². The Balaban J connectivity index is 0.000000292. The van der Waals surface area contributed by atoms with E-state index in [1.807, 2.05) is 24.3 Å². The number of nitrogens with zero attached hydrogens (tertiary/aromatic N) is 4. The standard InChI is InChI=1S/C19H18F2N6OS.C8H15NO/c1-4-27(3)29-25-13-6-5-12(20)18(11(13)9-22)24-15-8-7-14-16(17(15)21)19(28)26(2)10-23-14;1-2-8(10-7-1)3-5-9-6-4-8/h5-8,10,24-25H,4H2,1-3H3;9H,1-7H2. The number of aromatic nitrogens is 2. The van der Waals surface area contributed by atoms with Crippen LogP contribution in [0.4, 0.5) is 25.8 Å². The van der Waals surface area contributed by atoms with E-state index >= 15 is 4.39 Å². The average molecular weight is 558 g/mol. The Bertz CT molecular complexity index is 1410. The summed E-state index contributed by atoms with van der Waals surface area (Å²) in [5.74, 6) is -1.59. The second-order valence-electron chi connectivity index (χ2n) is 9.59. The molecule has 3 aromatic rings. The molecule has 0 saturated carbocycles. The van der Waals surface area contributed by atoms with Crippen molar-refractivity contribution >= 4 is 40.1 Å². The molecule has 0 amide bonds. The number of halogens is 2. The zero-order chi connectivity index (χ0) is 28.0. The van der Waals surface area contributed by atoms with Gasteiger partial charge in [-0.2, -0.15) is 5.26 Å². The Morgan fingerprint density at radius 3 is 2.64 bits per heavy atom. The smallest absolute Gasteiger partial charge is 0.263 e. The first kappa shape index (κ1) is 28.8. The highest BCUT2D eigenvalue weighted by atomic mass is 32.2. The predicted molar refractivity (Wildman–Crippen MR) is 151 cm³/mol. The number of ether oxygens (including phenoxy) is 1. The molecule has 0 radical (unpaired) electrons. The predicted octanol–water partition coefficient (Wildman–Crippen LogP) is 4.67. The normalized spacial score (nSPS) is 16.1. The van der Waals surface area contributed by atoms with Gasteiger partial charge in [0.1, 0.15) is 22.8 Å². The van der Waals surface area contributed by atoms with Crippen molar-refractivity contribution in [2.75, 3.05) is 43.3 Å². The van der Waals surface area contributed by atoms with Gasteiger partial charge in [-0.25, -0.2) is 18.1 Å². The average Bonchev–Trinajstić information content (AvgIpc) is 3.39. The van der Waals surface area contributed by atoms with Crippen molar-refractivity contribution < 1.29 is 13.5 Å². The third kappa shape index (κ3) is 6.50. The molecule has 0 unspecified atom stereocenters. The summed E-state index contributed by atoms with van der Waals surface area (Å²) in [6.07, 6.45) is 6.33. The molecule has 9 nitrogen and oxygen atoms in total. The Hall–Kier alpha value is -3.24.